The van der Waals surface area contributed by atoms with E-state index in [-0.39, 0.29) is 36.0 Å². The molecule has 2 aromatic rings. The van der Waals surface area contributed by atoms with Crippen LogP contribution < -0.4 is 5.32 Å². The smallest absolute Gasteiger partial charge is 0.242 e. The third-order valence-corrected chi connectivity index (χ3v) is 5.92. The maximum Gasteiger partial charge on any atom is 0.242 e. The van der Waals surface area contributed by atoms with E-state index in [2.05, 4.69) is 5.32 Å². The fourth-order valence-electron chi connectivity index (χ4n) is 2.74. The van der Waals surface area contributed by atoms with Crippen LogP contribution in [0.4, 0.5) is 4.39 Å². The first-order chi connectivity index (χ1) is 14.2. The van der Waals surface area contributed by atoms with E-state index in [1.165, 1.54) is 28.8 Å². The van der Waals surface area contributed by atoms with Crippen molar-refractivity contribution in [2.45, 2.75) is 45.2 Å². The molecule has 30 heavy (non-hydrogen) atoms. The lowest BCUT2D eigenvalue weighted by atomic mass is 10.1. The van der Waals surface area contributed by atoms with Crippen molar-refractivity contribution in [1.29, 1.82) is 0 Å². The molecule has 0 radical (unpaired) electrons. The van der Waals surface area contributed by atoms with Gasteiger partial charge in [-0.05, 0) is 56.2 Å². The SMILES string of the molecule is CC(C)NC(=O)[C@H](C)N(Cc1ccc(F)cc1)C(=O)CSCc1ccc(Cl)cc1Cl. The molecule has 2 rings (SSSR count). The Bertz CT molecular complexity index is 878. The van der Waals surface area contributed by atoms with Crippen LogP contribution in [0.15, 0.2) is 42.5 Å². The summed E-state index contributed by atoms with van der Waals surface area (Å²) in [6.45, 7) is 5.64. The number of nitrogens with zero attached hydrogens (tertiary/aromatic N) is 1. The zero-order valence-corrected chi connectivity index (χ0v) is 19.5. The number of hydrogen-bond donors (Lipinski definition) is 1. The molecule has 0 aliphatic carbocycles. The second-order valence-corrected chi connectivity index (χ2v) is 9.05. The number of carbonyl (C=O) groups is 2. The molecule has 4 nitrogen and oxygen atoms in total. The molecule has 1 atom stereocenters. The van der Waals surface area contributed by atoms with Gasteiger partial charge in [-0.15, -0.1) is 11.8 Å². The standard InChI is InChI=1S/C22H25Cl2FN2O2S/c1-14(2)26-22(29)15(3)27(11-16-4-8-19(25)9-5-16)21(28)13-30-12-17-6-7-18(23)10-20(17)24/h4-10,14-15H,11-13H2,1-3H3,(H,26,29)/t15-/m0/s1. The quantitative estimate of drug-likeness (QED) is 0.540. The lowest BCUT2D eigenvalue weighted by Gasteiger charge is -2.29. The van der Waals surface area contributed by atoms with Gasteiger partial charge in [0, 0.05) is 28.4 Å². The van der Waals surface area contributed by atoms with Gasteiger partial charge in [0.1, 0.15) is 11.9 Å². The fraction of sp³-hybridized carbons (Fsp3) is 0.364. The van der Waals surface area contributed by atoms with Crippen molar-refractivity contribution in [3.05, 3.63) is 69.5 Å². The summed E-state index contributed by atoms with van der Waals surface area (Å²) in [5.41, 5.74) is 1.63. The lowest BCUT2D eigenvalue weighted by Crippen LogP contribution is -2.49. The van der Waals surface area contributed by atoms with Gasteiger partial charge < -0.3 is 10.2 Å². The average molecular weight is 471 g/mol. The van der Waals surface area contributed by atoms with Crippen LogP contribution in [0.3, 0.4) is 0 Å². The molecule has 2 amide bonds. The summed E-state index contributed by atoms with van der Waals surface area (Å²) in [4.78, 5) is 27.0. The number of carbonyl (C=O) groups excluding carboxylic acids is 2. The molecule has 0 bridgehead atoms. The maximum atomic E-state index is 13.2. The van der Waals surface area contributed by atoms with E-state index in [1.54, 1.807) is 31.2 Å². The molecule has 0 aromatic heterocycles. The molecule has 0 unspecified atom stereocenters. The van der Waals surface area contributed by atoms with Crippen molar-refractivity contribution < 1.29 is 14.0 Å². The van der Waals surface area contributed by atoms with Crippen LogP contribution in [0, 0.1) is 5.82 Å². The van der Waals surface area contributed by atoms with Gasteiger partial charge in [0.2, 0.25) is 11.8 Å². The Morgan fingerprint density at radius 1 is 1.10 bits per heavy atom. The Kier molecular flexibility index (Phi) is 9.46. The van der Waals surface area contributed by atoms with Crippen LogP contribution in [0.2, 0.25) is 10.0 Å². The molecule has 1 N–H and O–H groups in total. The van der Waals surface area contributed by atoms with Crippen molar-refractivity contribution in [1.82, 2.24) is 10.2 Å². The molecule has 0 spiro atoms. The highest BCUT2D eigenvalue weighted by molar-refractivity contribution is 7.99. The first kappa shape index (κ1) is 24.5. The fourth-order valence-corrected chi connectivity index (χ4v) is 4.21. The minimum atomic E-state index is -0.662. The van der Waals surface area contributed by atoms with E-state index >= 15 is 0 Å². The summed E-state index contributed by atoms with van der Waals surface area (Å²) in [5.74, 6) is -0.0392. The second-order valence-electron chi connectivity index (χ2n) is 7.22. The molecule has 0 aliphatic rings. The molecule has 2 aromatic carbocycles. The van der Waals surface area contributed by atoms with E-state index in [0.29, 0.717) is 15.8 Å². The van der Waals surface area contributed by atoms with Gasteiger partial charge in [-0.1, -0.05) is 41.4 Å². The molecule has 0 saturated carbocycles. The van der Waals surface area contributed by atoms with Crippen LogP contribution >= 0.6 is 35.0 Å². The van der Waals surface area contributed by atoms with E-state index < -0.39 is 6.04 Å². The largest absolute Gasteiger partial charge is 0.352 e. The molecule has 162 valence electrons. The normalized spacial score (nSPS) is 12.0. The highest BCUT2D eigenvalue weighted by Crippen LogP contribution is 2.25. The first-order valence-electron chi connectivity index (χ1n) is 9.53. The van der Waals surface area contributed by atoms with Crippen molar-refractivity contribution >= 4 is 46.8 Å². The Balaban J connectivity index is 2.08. The zero-order valence-electron chi connectivity index (χ0n) is 17.1. The first-order valence-corrected chi connectivity index (χ1v) is 11.4. The Morgan fingerprint density at radius 2 is 1.77 bits per heavy atom. The Morgan fingerprint density at radius 3 is 2.37 bits per heavy atom. The average Bonchev–Trinajstić information content (AvgIpc) is 2.68. The van der Waals surface area contributed by atoms with Crippen LogP contribution in [0.5, 0.6) is 0 Å². The highest BCUT2D eigenvalue weighted by atomic mass is 35.5. The summed E-state index contributed by atoms with van der Waals surface area (Å²) in [6.07, 6.45) is 0. The Hall–Kier alpha value is -1.76. The molecular weight excluding hydrogens is 446 g/mol. The van der Waals surface area contributed by atoms with E-state index in [4.69, 9.17) is 23.2 Å². The number of amides is 2. The summed E-state index contributed by atoms with van der Waals surface area (Å²) in [6, 6.07) is 10.5. The van der Waals surface area contributed by atoms with Gasteiger partial charge in [-0.3, -0.25) is 9.59 Å². The summed E-state index contributed by atoms with van der Waals surface area (Å²) in [7, 11) is 0. The predicted octanol–water partition coefficient (Wildman–Crippen LogP) is 5.31. The summed E-state index contributed by atoms with van der Waals surface area (Å²) < 4.78 is 13.2. The topological polar surface area (TPSA) is 49.4 Å². The number of rotatable bonds is 9. The molecule has 8 heteroatoms. The van der Waals surface area contributed by atoms with Gasteiger partial charge in [0.05, 0.1) is 5.75 Å². The molecule has 0 aliphatic heterocycles. The van der Waals surface area contributed by atoms with Crippen LogP contribution in [0.1, 0.15) is 31.9 Å². The molecule has 0 fully saturated rings. The van der Waals surface area contributed by atoms with E-state index in [0.717, 1.165) is 11.1 Å². The zero-order chi connectivity index (χ0) is 22.3. The third kappa shape index (κ3) is 7.49. The summed E-state index contributed by atoms with van der Waals surface area (Å²) in [5, 5.41) is 3.94. The number of nitrogens with one attached hydrogen (secondary N) is 1. The number of benzene rings is 2. The van der Waals surface area contributed by atoms with Crippen molar-refractivity contribution in [3.63, 3.8) is 0 Å². The van der Waals surface area contributed by atoms with Crippen molar-refractivity contribution in [2.75, 3.05) is 5.75 Å². The predicted molar refractivity (Wildman–Crippen MR) is 122 cm³/mol. The van der Waals surface area contributed by atoms with Gasteiger partial charge in [0.25, 0.3) is 0 Å². The number of halogens is 3. The lowest BCUT2D eigenvalue weighted by molar-refractivity contribution is -0.138. The van der Waals surface area contributed by atoms with Crippen LogP contribution in [-0.2, 0) is 21.9 Å². The second kappa shape index (κ2) is 11.6. The van der Waals surface area contributed by atoms with E-state index in [1.807, 2.05) is 19.9 Å². The monoisotopic (exact) mass is 470 g/mol. The van der Waals surface area contributed by atoms with Gasteiger partial charge in [-0.2, -0.15) is 0 Å². The summed E-state index contributed by atoms with van der Waals surface area (Å²) >= 11 is 13.5. The van der Waals surface area contributed by atoms with Crippen molar-refractivity contribution in [2.24, 2.45) is 0 Å². The van der Waals surface area contributed by atoms with E-state index in [9.17, 15) is 14.0 Å². The number of thioether (sulfide) groups is 1. The minimum absolute atomic E-state index is 0.0378. The van der Waals surface area contributed by atoms with Gasteiger partial charge in [-0.25, -0.2) is 4.39 Å². The third-order valence-electron chi connectivity index (χ3n) is 4.36. The highest BCUT2D eigenvalue weighted by Gasteiger charge is 2.26. The molecule has 0 heterocycles. The Labute approximate surface area is 191 Å². The van der Waals surface area contributed by atoms with Gasteiger partial charge >= 0.3 is 0 Å². The maximum absolute atomic E-state index is 13.2. The van der Waals surface area contributed by atoms with Gasteiger partial charge in [0.15, 0.2) is 0 Å². The van der Waals surface area contributed by atoms with Crippen molar-refractivity contribution in [3.8, 4) is 0 Å². The minimum Gasteiger partial charge on any atom is -0.352 e. The van der Waals surface area contributed by atoms with Crippen LogP contribution in [-0.4, -0.2) is 34.6 Å². The molecule has 0 saturated heterocycles. The number of hydrogen-bond acceptors (Lipinski definition) is 3. The van der Waals surface area contributed by atoms with Crippen LogP contribution in [0.25, 0.3) is 0 Å². The molecular formula is C22H25Cl2FN2O2S.